The highest BCUT2D eigenvalue weighted by atomic mass is 14.8. The molecule has 16 heavy (non-hydrogen) atoms. The zero-order valence-corrected chi connectivity index (χ0v) is 10.1. The fourth-order valence-corrected chi connectivity index (χ4v) is 1.64. The SMILES string of the molecule is C/C=C\N=C(C)C1=C(C)N=CC(C#N)CC1. The Kier molecular flexibility index (Phi) is 4.65. The molecule has 3 nitrogen and oxygen atoms in total. The van der Waals surface area contributed by atoms with Crippen LogP contribution in [-0.2, 0) is 0 Å². The fourth-order valence-electron chi connectivity index (χ4n) is 1.64. The summed E-state index contributed by atoms with van der Waals surface area (Å²) in [5.41, 5.74) is 3.13. The van der Waals surface area contributed by atoms with E-state index in [-0.39, 0.29) is 5.92 Å². The molecule has 1 unspecified atom stereocenters. The third-order valence-electron chi connectivity index (χ3n) is 2.61. The van der Waals surface area contributed by atoms with Gasteiger partial charge < -0.3 is 0 Å². The molecule has 0 fully saturated rings. The van der Waals surface area contributed by atoms with Crippen LogP contribution >= 0.6 is 0 Å². The van der Waals surface area contributed by atoms with Crippen LogP contribution in [0.15, 0.2) is 33.5 Å². The molecule has 1 aliphatic heterocycles. The smallest absolute Gasteiger partial charge is 0.0818 e. The Labute approximate surface area is 96.9 Å². The van der Waals surface area contributed by atoms with Gasteiger partial charge in [-0.15, -0.1) is 0 Å². The van der Waals surface area contributed by atoms with E-state index in [0.717, 1.165) is 29.8 Å². The van der Waals surface area contributed by atoms with Gasteiger partial charge in [-0.2, -0.15) is 5.26 Å². The number of hydrogen-bond acceptors (Lipinski definition) is 3. The van der Waals surface area contributed by atoms with E-state index in [4.69, 9.17) is 5.26 Å². The molecular weight excluding hydrogens is 198 g/mol. The lowest BCUT2D eigenvalue weighted by atomic mass is 9.99. The number of allylic oxidation sites excluding steroid dienone is 3. The Balaban J connectivity index is 2.91. The number of aliphatic imine (C=N–C) groups is 2. The van der Waals surface area contributed by atoms with E-state index in [0.29, 0.717) is 0 Å². The Morgan fingerprint density at radius 2 is 2.44 bits per heavy atom. The van der Waals surface area contributed by atoms with Crippen molar-refractivity contribution >= 4 is 11.9 Å². The van der Waals surface area contributed by atoms with Crippen molar-refractivity contribution in [2.45, 2.75) is 33.6 Å². The first-order valence-corrected chi connectivity index (χ1v) is 5.48. The van der Waals surface area contributed by atoms with E-state index in [1.165, 1.54) is 0 Å². The molecule has 3 heteroatoms. The summed E-state index contributed by atoms with van der Waals surface area (Å²) < 4.78 is 0. The first kappa shape index (κ1) is 12.4. The number of nitriles is 1. The molecule has 0 N–H and O–H groups in total. The van der Waals surface area contributed by atoms with Gasteiger partial charge in [0.25, 0.3) is 0 Å². The van der Waals surface area contributed by atoms with Gasteiger partial charge in [0.05, 0.1) is 12.0 Å². The summed E-state index contributed by atoms with van der Waals surface area (Å²) in [4.78, 5) is 8.64. The van der Waals surface area contributed by atoms with Crippen molar-refractivity contribution in [2.75, 3.05) is 0 Å². The second-order valence-corrected chi connectivity index (χ2v) is 3.81. The van der Waals surface area contributed by atoms with Gasteiger partial charge in [0.1, 0.15) is 0 Å². The molecule has 0 amide bonds. The summed E-state index contributed by atoms with van der Waals surface area (Å²) in [6.45, 7) is 5.90. The molecule has 0 saturated heterocycles. The van der Waals surface area contributed by atoms with Crippen LogP contribution in [-0.4, -0.2) is 11.9 Å². The molecule has 1 atom stereocenters. The number of nitrogens with zero attached hydrogens (tertiary/aromatic N) is 3. The van der Waals surface area contributed by atoms with Gasteiger partial charge in [-0.25, -0.2) is 0 Å². The van der Waals surface area contributed by atoms with Gasteiger partial charge in [0.15, 0.2) is 0 Å². The van der Waals surface area contributed by atoms with E-state index in [1.54, 1.807) is 12.4 Å². The Morgan fingerprint density at radius 1 is 1.69 bits per heavy atom. The second-order valence-electron chi connectivity index (χ2n) is 3.81. The fraction of sp³-hybridized carbons (Fsp3) is 0.462. The van der Waals surface area contributed by atoms with E-state index >= 15 is 0 Å². The summed E-state index contributed by atoms with van der Waals surface area (Å²) in [6, 6.07) is 2.24. The third kappa shape index (κ3) is 3.16. The Hall–Kier alpha value is -1.69. The normalized spacial score (nSPS) is 22.4. The predicted molar refractivity (Wildman–Crippen MR) is 67.5 cm³/mol. The quantitative estimate of drug-likeness (QED) is 0.652. The topological polar surface area (TPSA) is 48.5 Å². The largest absolute Gasteiger partial charge is 0.264 e. The highest BCUT2D eigenvalue weighted by Gasteiger charge is 2.13. The Bertz CT molecular complexity index is 405. The lowest BCUT2D eigenvalue weighted by molar-refractivity contribution is 0.775. The van der Waals surface area contributed by atoms with Crippen LogP contribution in [0.1, 0.15) is 33.6 Å². The summed E-state index contributed by atoms with van der Waals surface area (Å²) >= 11 is 0. The van der Waals surface area contributed by atoms with Crippen molar-refractivity contribution in [3.63, 3.8) is 0 Å². The molecule has 1 rings (SSSR count). The van der Waals surface area contributed by atoms with Crippen molar-refractivity contribution in [3.8, 4) is 6.07 Å². The molecule has 0 aromatic carbocycles. The van der Waals surface area contributed by atoms with E-state index in [2.05, 4.69) is 16.1 Å². The maximum atomic E-state index is 8.87. The zero-order valence-electron chi connectivity index (χ0n) is 10.1. The summed E-state index contributed by atoms with van der Waals surface area (Å²) in [5, 5.41) is 8.87. The first-order valence-electron chi connectivity index (χ1n) is 5.48. The van der Waals surface area contributed by atoms with Crippen LogP contribution in [0.3, 0.4) is 0 Å². The molecule has 0 aliphatic carbocycles. The highest BCUT2D eigenvalue weighted by molar-refractivity contribution is 5.99. The highest BCUT2D eigenvalue weighted by Crippen LogP contribution is 2.21. The van der Waals surface area contributed by atoms with Gasteiger partial charge in [0, 0.05) is 23.8 Å². The van der Waals surface area contributed by atoms with Crippen molar-refractivity contribution in [2.24, 2.45) is 15.9 Å². The minimum Gasteiger partial charge on any atom is -0.264 e. The van der Waals surface area contributed by atoms with Crippen LogP contribution in [0, 0.1) is 17.2 Å². The van der Waals surface area contributed by atoms with Crippen LogP contribution in [0.5, 0.6) is 0 Å². The summed E-state index contributed by atoms with van der Waals surface area (Å²) in [6.07, 6.45) is 7.13. The van der Waals surface area contributed by atoms with Crippen molar-refractivity contribution in [3.05, 3.63) is 23.5 Å². The van der Waals surface area contributed by atoms with Crippen molar-refractivity contribution < 1.29 is 0 Å². The average Bonchev–Trinajstić information content (AvgIpc) is 2.48. The van der Waals surface area contributed by atoms with Crippen molar-refractivity contribution in [1.82, 2.24) is 0 Å². The molecule has 0 bridgehead atoms. The molecule has 1 aliphatic rings. The predicted octanol–water partition coefficient (Wildman–Crippen LogP) is 3.26. The minimum atomic E-state index is -0.0676. The summed E-state index contributed by atoms with van der Waals surface area (Å²) in [5.74, 6) is -0.0676. The number of rotatable bonds is 2. The first-order chi connectivity index (χ1) is 7.69. The molecular formula is C13H17N3. The molecule has 1 heterocycles. The maximum absolute atomic E-state index is 8.87. The summed E-state index contributed by atoms with van der Waals surface area (Å²) in [7, 11) is 0. The third-order valence-corrected chi connectivity index (χ3v) is 2.61. The van der Waals surface area contributed by atoms with E-state index < -0.39 is 0 Å². The lowest BCUT2D eigenvalue weighted by Crippen LogP contribution is -2.01. The van der Waals surface area contributed by atoms with Gasteiger partial charge in [0.2, 0.25) is 0 Å². The lowest BCUT2D eigenvalue weighted by Gasteiger charge is -2.06. The van der Waals surface area contributed by atoms with Crippen LogP contribution < -0.4 is 0 Å². The second kappa shape index (κ2) is 6.02. The van der Waals surface area contributed by atoms with E-state index in [1.807, 2.05) is 26.8 Å². The molecule has 84 valence electrons. The average molecular weight is 215 g/mol. The molecule has 0 saturated carbocycles. The minimum absolute atomic E-state index is 0.0676. The van der Waals surface area contributed by atoms with E-state index in [9.17, 15) is 0 Å². The van der Waals surface area contributed by atoms with Crippen LogP contribution in [0.25, 0.3) is 0 Å². The van der Waals surface area contributed by atoms with Gasteiger partial charge in [-0.3, -0.25) is 9.98 Å². The maximum Gasteiger partial charge on any atom is 0.0818 e. The Morgan fingerprint density at radius 3 is 3.06 bits per heavy atom. The molecule has 0 radical (unpaired) electrons. The van der Waals surface area contributed by atoms with Gasteiger partial charge in [-0.1, -0.05) is 6.08 Å². The molecule has 0 spiro atoms. The number of hydrogen-bond donors (Lipinski definition) is 0. The van der Waals surface area contributed by atoms with Crippen LogP contribution in [0.2, 0.25) is 0 Å². The standard InChI is InChI=1S/C13H17N3/c1-4-7-15-10(2)13-6-5-12(8-14)9-16-11(13)3/h4,7,9,12H,5-6H2,1-3H3/b7-4-,15-10?. The van der Waals surface area contributed by atoms with Gasteiger partial charge >= 0.3 is 0 Å². The zero-order chi connectivity index (χ0) is 12.0. The molecule has 0 aromatic rings. The van der Waals surface area contributed by atoms with Crippen molar-refractivity contribution in [1.29, 1.82) is 5.26 Å². The van der Waals surface area contributed by atoms with Crippen LogP contribution in [0.4, 0.5) is 0 Å². The van der Waals surface area contributed by atoms with Gasteiger partial charge in [-0.05, 0) is 39.2 Å². The monoisotopic (exact) mass is 215 g/mol. The molecule has 0 aromatic heterocycles.